The lowest BCUT2D eigenvalue weighted by atomic mass is 10.2. The molecule has 0 saturated heterocycles. The van der Waals surface area contributed by atoms with Crippen molar-refractivity contribution < 1.29 is 27.8 Å². The molecule has 122 valence electrons. The summed E-state index contributed by atoms with van der Waals surface area (Å²) in [6.07, 6.45) is -0.563. The smallest absolute Gasteiger partial charge is 0.410 e. The number of fused-ring (bicyclic) bond motifs is 1. The summed E-state index contributed by atoms with van der Waals surface area (Å²) in [6, 6.07) is -0.0968. The highest BCUT2D eigenvalue weighted by Gasteiger charge is 2.32. The van der Waals surface area contributed by atoms with E-state index >= 15 is 0 Å². The first-order chi connectivity index (χ1) is 10.2. The van der Waals surface area contributed by atoms with Crippen LogP contribution in [0.2, 0.25) is 0 Å². The van der Waals surface area contributed by atoms with E-state index in [4.69, 9.17) is 9.47 Å². The van der Waals surface area contributed by atoms with Gasteiger partial charge in [-0.2, -0.15) is 18.7 Å². The predicted molar refractivity (Wildman–Crippen MR) is 70.7 cm³/mol. The van der Waals surface area contributed by atoms with Crippen molar-refractivity contribution in [3.8, 4) is 11.9 Å². The number of alkyl halides is 2. The van der Waals surface area contributed by atoms with Crippen LogP contribution in [0.25, 0.3) is 0 Å². The summed E-state index contributed by atoms with van der Waals surface area (Å²) in [5.74, 6) is -0.289. The second-order valence-corrected chi connectivity index (χ2v) is 5.66. The highest BCUT2D eigenvalue weighted by molar-refractivity contribution is 5.69. The summed E-state index contributed by atoms with van der Waals surface area (Å²) in [6.45, 7) is 2.34. The lowest BCUT2D eigenvalue weighted by molar-refractivity contribution is -0.0539. The average molecular weight is 317 g/mol. The van der Waals surface area contributed by atoms with Gasteiger partial charge in [0.25, 0.3) is 0 Å². The molecule has 2 rings (SSSR count). The largest absolute Gasteiger partial charge is 0.467 e. The molecule has 1 amide bonds. The quantitative estimate of drug-likeness (QED) is 0.852. The normalized spacial score (nSPS) is 14.0. The Morgan fingerprint density at radius 3 is 2.50 bits per heavy atom. The van der Waals surface area contributed by atoms with Gasteiger partial charge in [-0.25, -0.2) is 4.79 Å². The zero-order valence-corrected chi connectivity index (χ0v) is 12.7. The zero-order chi connectivity index (χ0) is 16.5. The fourth-order valence-corrected chi connectivity index (χ4v) is 1.93. The summed E-state index contributed by atoms with van der Waals surface area (Å²) in [7, 11) is 1.31. The van der Waals surface area contributed by atoms with E-state index in [0.717, 1.165) is 0 Å². The van der Waals surface area contributed by atoms with Gasteiger partial charge in [-0.3, -0.25) is 4.90 Å². The molecule has 0 spiro atoms. The molecule has 0 saturated carbocycles. The third-order valence-electron chi connectivity index (χ3n) is 2.76. The second-order valence-electron chi connectivity index (χ2n) is 5.66. The zero-order valence-electron chi connectivity index (χ0n) is 12.7. The van der Waals surface area contributed by atoms with Crippen molar-refractivity contribution in [2.75, 3.05) is 7.11 Å². The number of methoxy groups -OCH3 is 1. The van der Waals surface area contributed by atoms with E-state index in [2.05, 4.69) is 14.7 Å². The number of nitrogens with zero attached hydrogens (tertiary/aromatic N) is 3. The van der Waals surface area contributed by atoms with Crippen molar-refractivity contribution in [2.45, 2.75) is 46.1 Å². The Labute approximate surface area is 126 Å². The number of carbonyl (C=O) groups excluding carboxylic acids is 1. The number of rotatable bonds is 3. The van der Waals surface area contributed by atoms with E-state index in [1.54, 1.807) is 20.8 Å². The van der Waals surface area contributed by atoms with Crippen molar-refractivity contribution in [3.05, 3.63) is 11.3 Å². The topological polar surface area (TPSA) is 73.8 Å². The van der Waals surface area contributed by atoms with Crippen LogP contribution in [0.5, 0.6) is 11.9 Å². The number of halogens is 2. The SMILES string of the molecule is COc1nc2c(c(OC(F)F)n1)CN(C(=O)OC(C)(C)C)C2. The van der Waals surface area contributed by atoms with Crippen LogP contribution in [0, 0.1) is 0 Å². The van der Waals surface area contributed by atoms with Gasteiger partial charge in [-0.1, -0.05) is 0 Å². The van der Waals surface area contributed by atoms with E-state index in [1.165, 1.54) is 12.0 Å². The van der Waals surface area contributed by atoms with Crippen LogP contribution >= 0.6 is 0 Å². The Morgan fingerprint density at radius 1 is 1.27 bits per heavy atom. The number of hydrogen-bond acceptors (Lipinski definition) is 6. The Morgan fingerprint density at radius 2 is 1.95 bits per heavy atom. The number of hydrogen-bond donors (Lipinski definition) is 0. The molecule has 7 nitrogen and oxygen atoms in total. The number of amides is 1. The van der Waals surface area contributed by atoms with Gasteiger partial charge in [0.05, 0.1) is 31.5 Å². The van der Waals surface area contributed by atoms with Crippen LogP contribution in [-0.2, 0) is 17.8 Å². The standard InChI is InChI=1S/C13H17F2N3O4/c1-13(2,3)22-12(19)18-5-7-8(6-18)16-11(20-4)17-9(7)21-10(14)15/h10H,5-6H2,1-4H3. The molecule has 1 aliphatic rings. The molecule has 22 heavy (non-hydrogen) atoms. The minimum Gasteiger partial charge on any atom is -0.467 e. The molecule has 0 N–H and O–H groups in total. The van der Waals surface area contributed by atoms with Crippen LogP contribution in [0.1, 0.15) is 32.0 Å². The van der Waals surface area contributed by atoms with Gasteiger partial charge in [-0.05, 0) is 20.8 Å². The second kappa shape index (κ2) is 5.90. The molecule has 9 heteroatoms. The van der Waals surface area contributed by atoms with Gasteiger partial charge in [0, 0.05) is 0 Å². The first-order valence-corrected chi connectivity index (χ1v) is 6.56. The van der Waals surface area contributed by atoms with Crippen molar-refractivity contribution in [1.29, 1.82) is 0 Å². The fraction of sp³-hybridized carbons (Fsp3) is 0.615. The Kier molecular flexibility index (Phi) is 4.34. The lowest BCUT2D eigenvalue weighted by Gasteiger charge is -2.23. The third-order valence-corrected chi connectivity index (χ3v) is 2.76. The lowest BCUT2D eigenvalue weighted by Crippen LogP contribution is -2.33. The Bertz CT molecular complexity index is 575. The van der Waals surface area contributed by atoms with Crippen LogP contribution < -0.4 is 9.47 Å². The van der Waals surface area contributed by atoms with Crippen molar-refractivity contribution in [2.24, 2.45) is 0 Å². The van der Waals surface area contributed by atoms with Crippen molar-refractivity contribution in [1.82, 2.24) is 14.9 Å². The molecule has 0 fully saturated rings. The first kappa shape index (κ1) is 16.2. The highest BCUT2D eigenvalue weighted by atomic mass is 19.3. The van der Waals surface area contributed by atoms with Gasteiger partial charge in [0.1, 0.15) is 5.60 Å². The molecule has 0 bridgehead atoms. The summed E-state index contributed by atoms with van der Waals surface area (Å²) >= 11 is 0. The molecule has 2 heterocycles. The number of ether oxygens (including phenoxy) is 3. The van der Waals surface area contributed by atoms with Crippen molar-refractivity contribution >= 4 is 6.09 Å². The van der Waals surface area contributed by atoms with Gasteiger partial charge >= 0.3 is 18.7 Å². The molecule has 0 atom stereocenters. The molecule has 1 aromatic heterocycles. The minimum absolute atomic E-state index is 0.0380. The van der Waals surface area contributed by atoms with E-state index in [0.29, 0.717) is 11.3 Å². The van der Waals surface area contributed by atoms with Gasteiger partial charge in [0.15, 0.2) is 0 Å². The van der Waals surface area contributed by atoms with Gasteiger partial charge in [-0.15, -0.1) is 0 Å². The maximum absolute atomic E-state index is 12.5. The van der Waals surface area contributed by atoms with E-state index < -0.39 is 18.3 Å². The summed E-state index contributed by atoms with van der Waals surface area (Å²) in [4.78, 5) is 21.2. The summed E-state index contributed by atoms with van der Waals surface area (Å²) in [5.41, 5.74) is 0.0673. The predicted octanol–water partition coefficient (Wildman–Crippen LogP) is 2.34. The number of carbonyl (C=O) groups is 1. The summed E-state index contributed by atoms with van der Waals surface area (Å²) in [5, 5.41) is 0. The Hall–Kier alpha value is -2.19. The highest BCUT2D eigenvalue weighted by Crippen LogP contribution is 2.31. The third kappa shape index (κ3) is 3.71. The molecule has 0 unspecified atom stereocenters. The molecule has 1 aromatic rings. The van der Waals surface area contributed by atoms with E-state index in [1.807, 2.05) is 0 Å². The molecular weight excluding hydrogens is 300 g/mol. The maximum atomic E-state index is 12.5. The van der Waals surface area contributed by atoms with Gasteiger partial charge in [0.2, 0.25) is 5.88 Å². The molecular formula is C13H17F2N3O4. The van der Waals surface area contributed by atoms with E-state index in [9.17, 15) is 13.6 Å². The molecule has 0 aliphatic carbocycles. The van der Waals surface area contributed by atoms with E-state index in [-0.39, 0.29) is 25.0 Å². The average Bonchev–Trinajstić information content (AvgIpc) is 2.80. The Balaban J connectivity index is 2.23. The minimum atomic E-state index is -3.03. The summed E-state index contributed by atoms with van der Waals surface area (Å²) < 4.78 is 39.4. The monoisotopic (exact) mass is 317 g/mol. The van der Waals surface area contributed by atoms with Crippen molar-refractivity contribution in [3.63, 3.8) is 0 Å². The first-order valence-electron chi connectivity index (χ1n) is 6.56. The molecule has 0 radical (unpaired) electrons. The van der Waals surface area contributed by atoms with Crippen LogP contribution in [0.15, 0.2) is 0 Å². The van der Waals surface area contributed by atoms with Gasteiger partial charge < -0.3 is 14.2 Å². The molecule has 0 aromatic carbocycles. The number of aromatic nitrogens is 2. The van der Waals surface area contributed by atoms with Crippen LogP contribution in [0.3, 0.4) is 0 Å². The maximum Gasteiger partial charge on any atom is 0.410 e. The molecule has 1 aliphatic heterocycles. The van der Waals surface area contributed by atoms with Crippen LogP contribution in [-0.4, -0.2) is 40.3 Å². The van der Waals surface area contributed by atoms with Crippen LogP contribution in [0.4, 0.5) is 13.6 Å². The fourth-order valence-electron chi connectivity index (χ4n) is 1.93.